The summed E-state index contributed by atoms with van der Waals surface area (Å²) in [5.74, 6) is 3.29. The molecule has 1 aliphatic rings. The molecular formula is C14H23N3O2. The molecule has 1 aliphatic heterocycles. The van der Waals surface area contributed by atoms with E-state index in [4.69, 9.17) is 11.2 Å². The Morgan fingerprint density at radius 1 is 1.47 bits per heavy atom. The molecular weight excluding hydrogens is 242 g/mol. The minimum Gasteiger partial charge on any atom is -0.466 e. The zero-order valence-electron chi connectivity index (χ0n) is 11.8. The van der Waals surface area contributed by atoms with Crippen LogP contribution < -0.4 is 5.32 Å². The van der Waals surface area contributed by atoms with E-state index in [-0.39, 0.29) is 11.9 Å². The second-order valence-corrected chi connectivity index (χ2v) is 4.39. The maximum absolute atomic E-state index is 11.7. The number of nitrogens with zero attached hydrogens (tertiary/aromatic N) is 2. The molecule has 5 heteroatoms. The number of guanidine groups is 1. The lowest BCUT2D eigenvalue weighted by Gasteiger charge is -2.33. The first kappa shape index (κ1) is 15.4. The van der Waals surface area contributed by atoms with E-state index >= 15 is 0 Å². The second kappa shape index (κ2) is 8.41. The Balaban J connectivity index is 2.51. The maximum atomic E-state index is 11.7. The first-order valence-electron chi connectivity index (χ1n) is 6.86. The van der Waals surface area contributed by atoms with Gasteiger partial charge in [-0.05, 0) is 26.7 Å². The SMILES string of the molecule is C#CCN=C(NCC)N1CCC(C(=O)OCC)CC1. The second-order valence-electron chi connectivity index (χ2n) is 4.39. The normalized spacial score (nSPS) is 16.9. The van der Waals surface area contributed by atoms with Crippen LogP contribution in [0.25, 0.3) is 0 Å². The zero-order chi connectivity index (χ0) is 14.1. The van der Waals surface area contributed by atoms with Gasteiger partial charge in [0.05, 0.1) is 12.5 Å². The highest BCUT2D eigenvalue weighted by Crippen LogP contribution is 2.18. The molecule has 0 aliphatic carbocycles. The van der Waals surface area contributed by atoms with E-state index in [2.05, 4.69) is 21.1 Å². The van der Waals surface area contributed by atoms with Gasteiger partial charge in [-0.3, -0.25) is 4.79 Å². The number of likely N-dealkylation sites (tertiary alicyclic amines) is 1. The Morgan fingerprint density at radius 2 is 2.16 bits per heavy atom. The number of terminal acetylenes is 1. The molecule has 0 amide bonds. The van der Waals surface area contributed by atoms with E-state index in [1.165, 1.54) is 0 Å². The van der Waals surface area contributed by atoms with Crippen LogP contribution in [0.4, 0.5) is 0 Å². The molecule has 0 aromatic rings. The van der Waals surface area contributed by atoms with Crippen molar-refractivity contribution >= 4 is 11.9 Å². The molecule has 1 N–H and O–H groups in total. The van der Waals surface area contributed by atoms with Crippen molar-refractivity contribution in [3.05, 3.63) is 0 Å². The first-order valence-corrected chi connectivity index (χ1v) is 6.86. The van der Waals surface area contributed by atoms with Crippen LogP contribution in [-0.4, -0.2) is 49.6 Å². The highest BCUT2D eigenvalue weighted by Gasteiger charge is 2.27. The minimum atomic E-state index is -0.0762. The summed E-state index contributed by atoms with van der Waals surface area (Å²) in [5.41, 5.74) is 0. The zero-order valence-corrected chi connectivity index (χ0v) is 11.8. The van der Waals surface area contributed by atoms with Crippen molar-refractivity contribution in [2.24, 2.45) is 10.9 Å². The van der Waals surface area contributed by atoms with Crippen LogP contribution in [0.2, 0.25) is 0 Å². The third-order valence-corrected chi connectivity index (χ3v) is 3.07. The van der Waals surface area contributed by atoms with Gasteiger partial charge in [-0.25, -0.2) is 4.99 Å². The van der Waals surface area contributed by atoms with Gasteiger partial charge in [-0.15, -0.1) is 6.42 Å². The lowest BCUT2D eigenvalue weighted by Crippen LogP contribution is -2.46. The lowest BCUT2D eigenvalue weighted by atomic mass is 9.97. The van der Waals surface area contributed by atoms with Crippen LogP contribution in [0.5, 0.6) is 0 Å². The molecule has 0 bridgehead atoms. The molecule has 1 fully saturated rings. The number of carbonyl (C=O) groups is 1. The number of hydrogen-bond acceptors (Lipinski definition) is 3. The van der Waals surface area contributed by atoms with Gasteiger partial charge in [0.15, 0.2) is 5.96 Å². The van der Waals surface area contributed by atoms with Crippen LogP contribution in [0.3, 0.4) is 0 Å². The molecule has 0 saturated carbocycles. The Bertz CT molecular complexity index is 352. The molecule has 19 heavy (non-hydrogen) atoms. The van der Waals surface area contributed by atoms with Crippen molar-refractivity contribution in [2.45, 2.75) is 26.7 Å². The first-order chi connectivity index (χ1) is 9.22. The Hall–Kier alpha value is -1.70. The maximum Gasteiger partial charge on any atom is 0.309 e. The number of carbonyl (C=O) groups excluding carboxylic acids is 1. The van der Waals surface area contributed by atoms with Gasteiger partial charge in [0, 0.05) is 19.6 Å². The average molecular weight is 265 g/mol. The van der Waals surface area contributed by atoms with Crippen molar-refractivity contribution in [2.75, 3.05) is 32.8 Å². The third-order valence-electron chi connectivity index (χ3n) is 3.07. The average Bonchev–Trinajstić information content (AvgIpc) is 2.44. The van der Waals surface area contributed by atoms with Gasteiger partial charge in [0.25, 0.3) is 0 Å². The topological polar surface area (TPSA) is 53.9 Å². The molecule has 1 saturated heterocycles. The van der Waals surface area contributed by atoms with Gasteiger partial charge in [-0.1, -0.05) is 5.92 Å². The monoisotopic (exact) mass is 265 g/mol. The predicted molar refractivity (Wildman–Crippen MR) is 75.7 cm³/mol. The van der Waals surface area contributed by atoms with Crippen molar-refractivity contribution < 1.29 is 9.53 Å². The van der Waals surface area contributed by atoms with E-state index in [0.717, 1.165) is 38.4 Å². The number of nitrogens with one attached hydrogen (secondary N) is 1. The van der Waals surface area contributed by atoms with E-state index in [1.807, 2.05) is 13.8 Å². The van der Waals surface area contributed by atoms with Crippen LogP contribution in [0.15, 0.2) is 4.99 Å². The van der Waals surface area contributed by atoms with Crippen LogP contribution in [0, 0.1) is 18.3 Å². The van der Waals surface area contributed by atoms with Crippen molar-refractivity contribution in [1.82, 2.24) is 10.2 Å². The van der Waals surface area contributed by atoms with Crippen molar-refractivity contribution in [3.63, 3.8) is 0 Å². The van der Waals surface area contributed by atoms with Crippen LogP contribution in [-0.2, 0) is 9.53 Å². The number of aliphatic imine (C=N–C) groups is 1. The van der Waals surface area contributed by atoms with Crippen molar-refractivity contribution in [3.8, 4) is 12.3 Å². The Morgan fingerprint density at radius 3 is 2.68 bits per heavy atom. The molecule has 106 valence electrons. The molecule has 0 aromatic heterocycles. The fraction of sp³-hybridized carbons (Fsp3) is 0.714. The minimum absolute atomic E-state index is 0.0201. The summed E-state index contributed by atoms with van der Waals surface area (Å²) in [6.45, 7) is 7.10. The van der Waals surface area contributed by atoms with Gasteiger partial charge in [0.1, 0.15) is 6.54 Å². The van der Waals surface area contributed by atoms with Gasteiger partial charge in [-0.2, -0.15) is 0 Å². The number of hydrogen-bond donors (Lipinski definition) is 1. The number of rotatable bonds is 4. The number of piperidine rings is 1. The fourth-order valence-corrected chi connectivity index (χ4v) is 2.13. The standard InChI is InChI=1S/C14H23N3O2/c1-4-9-16-14(15-5-2)17-10-7-12(8-11-17)13(18)19-6-3/h1,12H,5-11H2,2-3H3,(H,15,16). The molecule has 0 aromatic carbocycles. The molecule has 5 nitrogen and oxygen atoms in total. The molecule has 0 radical (unpaired) electrons. The molecule has 0 spiro atoms. The number of esters is 1. The van der Waals surface area contributed by atoms with Crippen molar-refractivity contribution in [1.29, 1.82) is 0 Å². The molecule has 0 unspecified atom stereocenters. The summed E-state index contributed by atoms with van der Waals surface area (Å²) in [4.78, 5) is 18.1. The lowest BCUT2D eigenvalue weighted by molar-refractivity contribution is -0.149. The molecule has 0 atom stereocenters. The van der Waals surface area contributed by atoms with Gasteiger partial charge in [0.2, 0.25) is 0 Å². The quantitative estimate of drug-likeness (QED) is 0.354. The summed E-state index contributed by atoms with van der Waals surface area (Å²) in [5, 5.41) is 3.22. The number of ether oxygens (including phenoxy) is 1. The van der Waals surface area contributed by atoms with Crippen LogP contribution in [0.1, 0.15) is 26.7 Å². The summed E-state index contributed by atoms with van der Waals surface area (Å²) in [7, 11) is 0. The van der Waals surface area contributed by atoms with E-state index in [0.29, 0.717) is 13.2 Å². The Labute approximate surface area is 115 Å². The van der Waals surface area contributed by atoms with Gasteiger partial charge < -0.3 is 15.0 Å². The summed E-state index contributed by atoms with van der Waals surface area (Å²) in [6.07, 6.45) is 6.84. The fourth-order valence-electron chi connectivity index (χ4n) is 2.13. The highest BCUT2D eigenvalue weighted by atomic mass is 16.5. The van der Waals surface area contributed by atoms with E-state index in [9.17, 15) is 4.79 Å². The van der Waals surface area contributed by atoms with E-state index in [1.54, 1.807) is 0 Å². The largest absolute Gasteiger partial charge is 0.466 e. The highest BCUT2D eigenvalue weighted by molar-refractivity contribution is 5.80. The van der Waals surface area contributed by atoms with Gasteiger partial charge >= 0.3 is 5.97 Å². The van der Waals surface area contributed by atoms with Crippen LogP contribution >= 0.6 is 0 Å². The summed E-state index contributed by atoms with van der Waals surface area (Å²) >= 11 is 0. The molecule has 1 heterocycles. The third kappa shape index (κ3) is 4.82. The summed E-state index contributed by atoms with van der Waals surface area (Å²) < 4.78 is 5.06. The van der Waals surface area contributed by atoms with E-state index < -0.39 is 0 Å². The summed E-state index contributed by atoms with van der Waals surface area (Å²) in [6, 6.07) is 0. The predicted octanol–water partition coefficient (Wildman–Crippen LogP) is 0.860. The Kier molecular flexibility index (Phi) is 6.80. The molecule has 1 rings (SSSR count). The smallest absolute Gasteiger partial charge is 0.309 e.